The van der Waals surface area contributed by atoms with Gasteiger partial charge in [-0.1, -0.05) is 30.0 Å². The van der Waals surface area contributed by atoms with Crippen LogP contribution in [0.5, 0.6) is 0 Å². The van der Waals surface area contributed by atoms with E-state index in [9.17, 15) is 0 Å². The van der Waals surface area contributed by atoms with E-state index in [1.807, 2.05) is 12.1 Å². The molecule has 0 bridgehead atoms. The summed E-state index contributed by atoms with van der Waals surface area (Å²) in [4.78, 5) is 2.24. The topological polar surface area (TPSA) is 23.5 Å². The van der Waals surface area contributed by atoms with Gasteiger partial charge in [-0.3, -0.25) is 0 Å². The molecule has 0 aliphatic rings. The van der Waals surface area contributed by atoms with Gasteiger partial charge in [-0.05, 0) is 54.8 Å². The molecular weight excluding hydrogens is 258 g/mol. The molecule has 21 heavy (non-hydrogen) atoms. The zero-order valence-corrected chi connectivity index (χ0v) is 12.9. The molecule has 0 unspecified atom stereocenters. The van der Waals surface area contributed by atoms with Crippen LogP contribution in [0.25, 0.3) is 0 Å². The fraction of sp³-hybridized carbons (Fsp3) is 0.263. The highest BCUT2D eigenvalue weighted by molar-refractivity contribution is 5.51. The molecule has 0 atom stereocenters. The van der Waals surface area contributed by atoms with Gasteiger partial charge in [0.25, 0.3) is 0 Å². The van der Waals surface area contributed by atoms with Gasteiger partial charge < -0.3 is 10.0 Å². The number of aliphatic hydroxyl groups is 1. The Hall–Kier alpha value is -2.24. The Balaban J connectivity index is 2.10. The summed E-state index contributed by atoms with van der Waals surface area (Å²) in [5.41, 5.74) is 5.97. The zero-order chi connectivity index (χ0) is 15.2. The lowest BCUT2D eigenvalue weighted by molar-refractivity contribution is 0.350. The number of aryl methyl sites for hydroxylation is 2. The van der Waals surface area contributed by atoms with Crippen LogP contribution >= 0.6 is 0 Å². The van der Waals surface area contributed by atoms with Gasteiger partial charge in [0, 0.05) is 24.8 Å². The Morgan fingerprint density at radius 1 is 1.00 bits per heavy atom. The van der Waals surface area contributed by atoms with Crippen LogP contribution < -0.4 is 4.90 Å². The molecule has 2 rings (SSSR count). The summed E-state index contributed by atoms with van der Waals surface area (Å²) in [6.07, 6.45) is 0. The lowest BCUT2D eigenvalue weighted by Crippen LogP contribution is -2.16. The highest BCUT2D eigenvalue weighted by atomic mass is 16.2. The van der Waals surface area contributed by atoms with Crippen molar-refractivity contribution in [1.82, 2.24) is 0 Å². The Labute approximate surface area is 127 Å². The molecule has 0 spiro atoms. The molecule has 0 radical (unpaired) electrons. The lowest BCUT2D eigenvalue weighted by atomic mass is 10.1. The summed E-state index contributed by atoms with van der Waals surface area (Å²) in [5, 5.41) is 8.69. The molecule has 2 heteroatoms. The number of rotatable bonds is 3. The molecule has 2 nitrogen and oxygen atoms in total. The summed E-state index contributed by atoms with van der Waals surface area (Å²) >= 11 is 0. The number of nitrogens with zero attached hydrogens (tertiary/aromatic N) is 1. The lowest BCUT2D eigenvalue weighted by Gasteiger charge is -2.20. The number of benzene rings is 2. The van der Waals surface area contributed by atoms with E-state index < -0.39 is 0 Å². The number of aliphatic hydroxyl groups excluding tert-OH is 1. The van der Waals surface area contributed by atoms with Crippen LogP contribution in [-0.4, -0.2) is 18.8 Å². The Bertz CT molecular complexity index is 642. The zero-order valence-electron chi connectivity index (χ0n) is 12.9. The van der Waals surface area contributed by atoms with Gasteiger partial charge in [0.05, 0.1) is 0 Å². The van der Waals surface area contributed by atoms with Crippen LogP contribution in [0, 0.1) is 25.7 Å². The molecule has 0 fully saturated rings. The first kappa shape index (κ1) is 15.2. The summed E-state index contributed by atoms with van der Waals surface area (Å²) in [6.45, 7) is 5.01. The van der Waals surface area contributed by atoms with Gasteiger partial charge in [-0.25, -0.2) is 0 Å². The van der Waals surface area contributed by atoms with Crippen molar-refractivity contribution in [2.24, 2.45) is 0 Å². The Morgan fingerprint density at radius 2 is 1.62 bits per heavy atom. The van der Waals surface area contributed by atoms with Crippen LogP contribution in [0.15, 0.2) is 42.5 Å². The number of hydrogen-bond acceptors (Lipinski definition) is 2. The minimum atomic E-state index is -0.100. The predicted octanol–water partition coefficient (Wildman–Crippen LogP) is 3.28. The van der Waals surface area contributed by atoms with Crippen molar-refractivity contribution < 1.29 is 5.11 Å². The van der Waals surface area contributed by atoms with Gasteiger partial charge in [-0.15, -0.1) is 0 Å². The smallest absolute Gasteiger partial charge is 0.104 e. The molecule has 0 saturated heterocycles. The standard InChI is InChI=1S/C19H21NO/c1-15-11-16(2)13-19(12-15)20(3)14-18-8-6-17(7-9-18)5-4-10-21/h6-9,11-13,21H,10,14H2,1-3H3. The van der Waals surface area contributed by atoms with Crippen molar-refractivity contribution in [2.45, 2.75) is 20.4 Å². The van der Waals surface area contributed by atoms with Crippen LogP contribution in [0.3, 0.4) is 0 Å². The normalized spacial score (nSPS) is 9.90. The fourth-order valence-corrected chi connectivity index (χ4v) is 2.37. The van der Waals surface area contributed by atoms with Crippen molar-refractivity contribution in [3.63, 3.8) is 0 Å². The maximum Gasteiger partial charge on any atom is 0.104 e. The highest BCUT2D eigenvalue weighted by Gasteiger charge is 2.03. The van der Waals surface area contributed by atoms with Gasteiger partial charge >= 0.3 is 0 Å². The van der Waals surface area contributed by atoms with E-state index in [0.717, 1.165) is 12.1 Å². The van der Waals surface area contributed by atoms with E-state index in [1.54, 1.807) is 0 Å². The first-order valence-electron chi connectivity index (χ1n) is 7.06. The van der Waals surface area contributed by atoms with E-state index in [-0.39, 0.29) is 6.61 Å². The molecular formula is C19H21NO. The molecule has 0 aromatic heterocycles. The molecule has 2 aromatic rings. The monoisotopic (exact) mass is 279 g/mol. The molecule has 108 valence electrons. The van der Waals surface area contributed by atoms with Crippen LogP contribution in [0.1, 0.15) is 22.3 Å². The minimum absolute atomic E-state index is 0.100. The van der Waals surface area contributed by atoms with E-state index in [4.69, 9.17) is 5.11 Å². The summed E-state index contributed by atoms with van der Waals surface area (Å²) in [6, 6.07) is 14.7. The highest BCUT2D eigenvalue weighted by Crippen LogP contribution is 2.19. The second kappa shape index (κ2) is 6.97. The van der Waals surface area contributed by atoms with Gasteiger partial charge in [0.1, 0.15) is 6.61 Å². The Morgan fingerprint density at radius 3 is 2.19 bits per heavy atom. The summed E-state index contributed by atoms with van der Waals surface area (Å²) in [7, 11) is 2.10. The fourth-order valence-electron chi connectivity index (χ4n) is 2.37. The van der Waals surface area contributed by atoms with Gasteiger partial charge in [-0.2, -0.15) is 0 Å². The molecule has 0 aliphatic heterocycles. The van der Waals surface area contributed by atoms with Crippen molar-refractivity contribution in [3.8, 4) is 11.8 Å². The minimum Gasteiger partial charge on any atom is -0.384 e. The molecule has 0 saturated carbocycles. The first-order valence-corrected chi connectivity index (χ1v) is 7.06. The largest absolute Gasteiger partial charge is 0.384 e. The van der Waals surface area contributed by atoms with E-state index in [1.165, 1.54) is 22.4 Å². The van der Waals surface area contributed by atoms with Gasteiger partial charge in [0.2, 0.25) is 0 Å². The van der Waals surface area contributed by atoms with Crippen molar-refractivity contribution in [2.75, 3.05) is 18.6 Å². The van der Waals surface area contributed by atoms with Crippen LogP contribution in [0.2, 0.25) is 0 Å². The average Bonchev–Trinajstić information content (AvgIpc) is 2.45. The van der Waals surface area contributed by atoms with Crippen LogP contribution in [-0.2, 0) is 6.54 Å². The summed E-state index contributed by atoms with van der Waals surface area (Å²) < 4.78 is 0. The average molecular weight is 279 g/mol. The SMILES string of the molecule is Cc1cc(C)cc(N(C)Cc2ccc(C#CCO)cc2)c1. The van der Waals surface area contributed by atoms with Crippen molar-refractivity contribution in [3.05, 3.63) is 64.7 Å². The molecule has 0 heterocycles. The summed E-state index contributed by atoms with van der Waals surface area (Å²) in [5.74, 6) is 5.57. The maximum absolute atomic E-state index is 8.69. The number of anilines is 1. The second-order valence-corrected chi connectivity index (χ2v) is 5.36. The molecule has 0 aliphatic carbocycles. The van der Waals surface area contributed by atoms with E-state index >= 15 is 0 Å². The Kier molecular flexibility index (Phi) is 5.03. The quantitative estimate of drug-likeness (QED) is 0.872. The molecule has 0 amide bonds. The van der Waals surface area contributed by atoms with Gasteiger partial charge in [0.15, 0.2) is 0 Å². The number of hydrogen-bond donors (Lipinski definition) is 1. The third kappa shape index (κ3) is 4.37. The molecule has 1 N–H and O–H groups in total. The third-order valence-electron chi connectivity index (χ3n) is 3.33. The van der Waals surface area contributed by atoms with Crippen molar-refractivity contribution in [1.29, 1.82) is 0 Å². The first-order chi connectivity index (χ1) is 10.1. The molecule has 2 aromatic carbocycles. The van der Waals surface area contributed by atoms with Crippen LogP contribution in [0.4, 0.5) is 5.69 Å². The van der Waals surface area contributed by atoms with Crippen molar-refractivity contribution >= 4 is 5.69 Å². The third-order valence-corrected chi connectivity index (χ3v) is 3.33. The predicted molar refractivity (Wildman–Crippen MR) is 88.4 cm³/mol. The second-order valence-electron chi connectivity index (χ2n) is 5.36. The van der Waals surface area contributed by atoms with E-state index in [0.29, 0.717) is 0 Å². The maximum atomic E-state index is 8.69. The van der Waals surface area contributed by atoms with E-state index in [2.05, 4.69) is 68.0 Å².